The van der Waals surface area contributed by atoms with Gasteiger partial charge in [-0.15, -0.1) is 0 Å². The van der Waals surface area contributed by atoms with Crippen LogP contribution in [0.3, 0.4) is 0 Å². The minimum absolute atomic E-state index is 0.0154. The lowest BCUT2D eigenvalue weighted by molar-refractivity contribution is 0.250. The zero-order valence-electron chi connectivity index (χ0n) is 11.3. The summed E-state index contributed by atoms with van der Waals surface area (Å²) in [5, 5.41) is 5.38. The van der Waals surface area contributed by atoms with Gasteiger partial charge in [0.05, 0.1) is 18.6 Å². The van der Waals surface area contributed by atoms with Crippen LogP contribution in [-0.2, 0) is 9.84 Å². The summed E-state index contributed by atoms with van der Waals surface area (Å²) >= 11 is 0. The maximum atomic E-state index is 11.7. The minimum atomic E-state index is -2.90. The standard InChI is InChI=1S/C13H18N2O4S/c1-19-12-4-2-11(3-5-12)15-13(16)14-8-10-6-7-20(17,18)9-10/h2-5,10H,6-9H2,1H3,(H2,14,15,16). The molecule has 20 heavy (non-hydrogen) atoms. The number of carbonyl (C=O) groups is 1. The lowest BCUT2D eigenvalue weighted by Gasteiger charge is -2.11. The average molecular weight is 298 g/mol. The predicted octanol–water partition coefficient (Wildman–Crippen LogP) is 1.25. The van der Waals surface area contributed by atoms with Crippen LogP contribution in [0.5, 0.6) is 5.75 Å². The maximum absolute atomic E-state index is 11.7. The van der Waals surface area contributed by atoms with Crippen LogP contribution in [0.4, 0.5) is 10.5 Å². The fourth-order valence-corrected chi connectivity index (χ4v) is 3.98. The number of anilines is 1. The number of ether oxygens (including phenoxy) is 1. The van der Waals surface area contributed by atoms with Gasteiger partial charge in [-0.05, 0) is 36.6 Å². The minimum Gasteiger partial charge on any atom is -0.497 e. The smallest absolute Gasteiger partial charge is 0.319 e. The Morgan fingerprint density at radius 1 is 1.35 bits per heavy atom. The highest BCUT2D eigenvalue weighted by molar-refractivity contribution is 7.91. The van der Waals surface area contributed by atoms with Crippen LogP contribution >= 0.6 is 0 Å². The Morgan fingerprint density at radius 2 is 2.05 bits per heavy atom. The summed E-state index contributed by atoms with van der Waals surface area (Å²) in [6.45, 7) is 0.376. The summed E-state index contributed by atoms with van der Waals surface area (Å²) in [6.07, 6.45) is 0.616. The first-order valence-electron chi connectivity index (χ1n) is 6.38. The van der Waals surface area contributed by atoms with E-state index in [1.54, 1.807) is 31.4 Å². The molecule has 1 heterocycles. The summed E-state index contributed by atoms with van der Waals surface area (Å²) < 4.78 is 27.6. The molecule has 0 radical (unpaired) electrons. The monoisotopic (exact) mass is 298 g/mol. The van der Waals surface area contributed by atoms with Crippen LogP contribution in [0.1, 0.15) is 6.42 Å². The van der Waals surface area contributed by atoms with Crippen molar-refractivity contribution in [2.75, 3.05) is 30.5 Å². The van der Waals surface area contributed by atoms with E-state index in [-0.39, 0.29) is 23.5 Å². The topological polar surface area (TPSA) is 84.5 Å². The molecule has 0 aromatic heterocycles. The summed E-state index contributed by atoms with van der Waals surface area (Å²) in [7, 11) is -1.32. The van der Waals surface area contributed by atoms with Gasteiger partial charge in [0, 0.05) is 12.2 Å². The van der Waals surface area contributed by atoms with Crippen molar-refractivity contribution in [2.24, 2.45) is 5.92 Å². The van der Waals surface area contributed by atoms with Crippen molar-refractivity contribution in [3.8, 4) is 5.75 Å². The van der Waals surface area contributed by atoms with Crippen molar-refractivity contribution < 1.29 is 17.9 Å². The van der Waals surface area contributed by atoms with Gasteiger partial charge in [-0.25, -0.2) is 13.2 Å². The average Bonchev–Trinajstić information content (AvgIpc) is 2.77. The van der Waals surface area contributed by atoms with E-state index in [1.165, 1.54) is 0 Å². The van der Waals surface area contributed by atoms with Crippen molar-refractivity contribution in [3.05, 3.63) is 24.3 Å². The first kappa shape index (κ1) is 14.6. The van der Waals surface area contributed by atoms with Gasteiger partial charge in [-0.2, -0.15) is 0 Å². The number of urea groups is 1. The van der Waals surface area contributed by atoms with Crippen LogP contribution in [-0.4, -0.2) is 39.6 Å². The third-order valence-corrected chi connectivity index (χ3v) is 5.06. The highest BCUT2D eigenvalue weighted by atomic mass is 32.2. The van der Waals surface area contributed by atoms with Gasteiger partial charge in [-0.1, -0.05) is 0 Å². The van der Waals surface area contributed by atoms with Gasteiger partial charge in [0.15, 0.2) is 9.84 Å². The molecule has 1 aromatic carbocycles. The Labute approximate surface area is 118 Å². The first-order chi connectivity index (χ1) is 9.48. The van der Waals surface area contributed by atoms with Gasteiger partial charge < -0.3 is 15.4 Å². The number of hydrogen-bond donors (Lipinski definition) is 2. The van der Waals surface area contributed by atoms with Crippen LogP contribution < -0.4 is 15.4 Å². The van der Waals surface area contributed by atoms with Crippen LogP contribution in [0.15, 0.2) is 24.3 Å². The van der Waals surface area contributed by atoms with Crippen LogP contribution in [0.2, 0.25) is 0 Å². The largest absolute Gasteiger partial charge is 0.497 e. The summed E-state index contributed by atoms with van der Waals surface area (Å²) in [5.74, 6) is 1.11. The Bertz CT molecular complexity index is 569. The van der Waals surface area contributed by atoms with Gasteiger partial charge in [0.2, 0.25) is 0 Å². The summed E-state index contributed by atoms with van der Waals surface area (Å²) in [4.78, 5) is 11.7. The van der Waals surface area contributed by atoms with Crippen molar-refractivity contribution >= 4 is 21.6 Å². The second kappa shape index (κ2) is 6.13. The van der Waals surface area contributed by atoms with Crippen LogP contribution in [0, 0.1) is 5.92 Å². The van der Waals surface area contributed by atoms with E-state index in [2.05, 4.69) is 10.6 Å². The fourth-order valence-electron chi connectivity index (χ4n) is 2.12. The van der Waals surface area contributed by atoms with E-state index >= 15 is 0 Å². The second-order valence-corrected chi connectivity index (χ2v) is 7.06. The lowest BCUT2D eigenvalue weighted by Crippen LogP contribution is -2.33. The number of nitrogens with one attached hydrogen (secondary N) is 2. The van der Waals surface area contributed by atoms with E-state index in [9.17, 15) is 13.2 Å². The van der Waals surface area contributed by atoms with Crippen molar-refractivity contribution in [2.45, 2.75) is 6.42 Å². The molecule has 1 fully saturated rings. The molecule has 1 atom stereocenters. The second-order valence-electron chi connectivity index (χ2n) is 4.83. The van der Waals surface area contributed by atoms with Crippen molar-refractivity contribution in [1.29, 1.82) is 0 Å². The van der Waals surface area contributed by atoms with E-state index in [4.69, 9.17) is 4.74 Å². The van der Waals surface area contributed by atoms with Gasteiger partial charge in [-0.3, -0.25) is 0 Å². The molecule has 0 spiro atoms. The van der Waals surface area contributed by atoms with Crippen molar-refractivity contribution in [3.63, 3.8) is 0 Å². The molecule has 2 amide bonds. The molecule has 110 valence electrons. The normalized spacial score (nSPS) is 20.4. The SMILES string of the molecule is COc1ccc(NC(=O)NCC2CCS(=O)(=O)C2)cc1. The van der Waals surface area contributed by atoms with Gasteiger partial charge in [0.1, 0.15) is 5.75 Å². The number of amides is 2. The molecule has 1 unspecified atom stereocenters. The molecule has 0 bridgehead atoms. The molecule has 2 rings (SSSR count). The molecular weight excluding hydrogens is 280 g/mol. The molecule has 6 nitrogen and oxygen atoms in total. The summed E-state index contributed by atoms with van der Waals surface area (Å²) in [5.41, 5.74) is 0.655. The molecule has 2 N–H and O–H groups in total. The van der Waals surface area contributed by atoms with Gasteiger partial charge in [0.25, 0.3) is 0 Å². The quantitative estimate of drug-likeness (QED) is 0.876. The third kappa shape index (κ3) is 4.12. The highest BCUT2D eigenvalue weighted by Gasteiger charge is 2.27. The Morgan fingerprint density at radius 3 is 2.60 bits per heavy atom. The highest BCUT2D eigenvalue weighted by Crippen LogP contribution is 2.17. The molecule has 1 aliphatic heterocycles. The maximum Gasteiger partial charge on any atom is 0.319 e. The Balaban J connectivity index is 1.78. The number of sulfone groups is 1. The zero-order valence-corrected chi connectivity index (χ0v) is 12.1. The molecule has 7 heteroatoms. The van der Waals surface area contributed by atoms with Crippen LogP contribution in [0.25, 0.3) is 0 Å². The first-order valence-corrected chi connectivity index (χ1v) is 8.20. The van der Waals surface area contributed by atoms with Crippen molar-refractivity contribution in [1.82, 2.24) is 5.32 Å². The predicted molar refractivity (Wildman–Crippen MR) is 76.8 cm³/mol. The number of carbonyl (C=O) groups excluding carboxylic acids is 1. The molecule has 0 saturated carbocycles. The number of methoxy groups -OCH3 is 1. The van der Waals surface area contributed by atoms with E-state index in [0.29, 0.717) is 24.4 Å². The van der Waals surface area contributed by atoms with E-state index in [0.717, 1.165) is 0 Å². The molecular formula is C13H18N2O4S. The molecule has 1 aliphatic rings. The lowest BCUT2D eigenvalue weighted by atomic mass is 10.1. The molecule has 0 aliphatic carbocycles. The third-order valence-electron chi connectivity index (χ3n) is 3.23. The number of hydrogen-bond acceptors (Lipinski definition) is 4. The van der Waals surface area contributed by atoms with E-state index < -0.39 is 9.84 Å². The number of rotatable bonds is 4. The molecule has 1 saturated heterocycles. The summed E-state index contributed by atoms with van der Waals surface area (Å²) in [6, 6.07) is 6.63. The number of benzene rings is 1. The van der Waals surface area contributed by atoms with Gasteiger partial charge >= 0.3 is 6.03 Å². The zero-order chi connectivity index (χ0) is 14.6. The Hall–Kier alpha value is -1.76. The fraction of sp³-hybridized carbons (Fsp3) is 0.462. The molecule has 1 aromatic rings. The van der Waals surface area contributed by atoms with E-state index in [1.807, 2.05) is 0 Å². The Kier molecular flexibility index (Phi) is 4.49.